The number of nitrogens with one attached hydrogen (secondary N) is 3. The summed E-state index contributed by atoms with van der Waals surface area (Å²) in [5.41, 5.74) is 7.10. The van der Waals surface area contributed by atoms with Crippen LogP contribution < -0.4 is 21.7 Å². The second kappa shape index (κ2) is 6.36. The molecule has 6 heteroatoms. The molecule has 3 amide bonds. The fraction of sp³-hybridized carbons (Fsp3) is 0.500. The molecule has 1 atom stereocenters. The van der Waals surface area contributed by atoms with Gasteiger partial charge in [-0.2, -0.15) is 0 Å². The lowest BCUT2D eigenvalue weighted by Crippen LogP contribution is -2.38. The van der Waals surface area contributed by atoms with Crippen molar-refractivity contribution in [2.45, 2.75) is 37.8 Å². The molecule has 2 aliphatic carbocycles. The molecule has 2 saturated carbocycles. The van der Waals surface area contributed by atoms with Crippen molar-refractivity contribution in [3.8, 4) is 0 Å². The molecule has 118 valence electrons. The number of carbonyl (C=O) groups excluding carboxylic acids is 2. The van der Waals surface area contributed by atoms with Crippen molar-refractivity contribution in [2.24, 2.45) is 11.7 Å². The zero-order chi connectivity index (χ0) is 15.5. The van der Waals surface area contributed by atoms with Gasteiger partial charge in [-0.05, 0) is 49.8 Å². The molecule has 0 aromatic heterocycles. The van der Waals surface area contributed by atoms with Crippen LogP contribution in [0.1, 0.15) is 36.0 Å². The molecule has 1 unspecified atom stereocenters. The SMILES string of the molecule is NC(CNC(=O)c1cccc(NC(=O)NC2CC2)c1)C1CC1. The van der Waals surface area contributed by atoms with E-state index in [1.807, 2.05) is 0 Å². The number of urea groups is 1. The highest BCUT2D eigenvalue weighted by Crippen LogP contribution is 2.31. The van der Waals surface area contributed by atoms with E-state index in [-0.39, 0.29) is 18.0 Å². The quantitative estimate of drug-likeness (QED) is 0.640. The van der Waals surface area contributed by atoms with E-state index < -0.39 is 0 Å². The summed E-state index contributed by atoms with van der Waals surface area (Å²) in [4.78, 5) is 23.8. The van der Waals surface area contributed by atoms with Crippen LogP contribution in [0.25, 0.3) is 0 Å². The van der Waals surface area contributed by atoms with Crippen LogP contribution in [0.3, 0.4) is 0 Å². The molecule has 0 bridgehead atoms. The minimum absolute atomic E-state index is 0.0366. The first kappa shape index (κ1) is 14.8. The van der Waals surface area contributed by atoms with Crippen molar-refractivity contribution in [3.63, 3.8) is 0 Å². The lowest BCUT2D eigenvalue weighted by Gasteiger charge is -2.12. The number of benzene rings is 1. The van der Waals surface area contributed by atoms with Crippen molar-refractivity contribution in [1.82, 2.24) is 10.6 Å². The van der Waals surface area contributed by atoms with E-state index in [0.29, 0.717) is 29.8 Å². The third-order valence-corrected chi connectivity index (χ3v) is 4.02. The molecule has 0 radical (unpaired) electrons. The predicted octanol–water partition coefficient (Wildman–Crippen LogP) is 1.44. The van der Waals surface area contributed by atoms with Gasteiger partial charge >= 0.3 is 6.03 Å². The van der Waals surface area contributed by atoms with Crippen LogP contribution in [-0.4, -0.2) is 30.6 Å². The normalized spacial score (nSPS) is 18.4. The van der Waals surface area contributed by atoms with Crippen molar-refractivity contribution < 1.29 is 9.59 Å². The molecule has 1 aromatic rings. The Labute approximate surface area is 129 Å². The molecular weight excluding hydrogens is 280 g/mol. The predicted molar refractivity (Wildman–Crippen MR) is 84.7 cm³/mol. The van der Waals surface area contributed by atoms with Gasteiger partial charge in [0.1, 0.15) is 0 Å². The van der Waals surface area contributed by atoms with Gasteiger partial charge in [0, 0.05) is 29.9 Å². The summed E-state index contributed by atoms with van der Waals surface area (Å²) in [5, 5.41) is 8.44. The van der Waals surface area contributed by atoms with Gasteiger partial charge in [-0.3, -0.25) is 4.79 Å². The third kappa shape index (κ3) is 4.21. The summed E-state index contributed by atoms with van der Waals surface area (Å²) in [5.74, 6) is 0.391. The summed E-state index contributed by atoms with van der Waals surface area (Å²) in [6.07, 6.45) is 4.40. The second-order valence-corrected chi connectivity index (χ2v) is 6.16. The summed E-state index contributed by atoms with van der Waals surface area (Å²) in [6.45, 7) is 0.489. The van der Waals surface area contributed by atoms with Crippen LogP contribution in [0.5, 0.6) is 0 Å². The number of anilines is 1. The Balaban J connectivity index is 1.52. The lowest BCUT2D eigenvalue weighted by molar-refractivity contribution is 0.0950. The lowest BCUT2D eigenvalue weighted by atomic mass is 10.1. The van der Waals surface area contributed by atoms with Gasteiger partial charge in [0.2, 0.25) is 0 Å². The van der Waals surface area contributed by atoms with E-state index >= 15 is 0 Å². The highest BCUT2D eigenvalue weighted by molar-refractivity contribution is 5.96. The maximum atomic E-state index is 12.1. The number of hydrogen-bond donors (Lipinski definition) is 4. The van der Waals surface area contributed by atoms with E-state index in [1.54, 1.807) is 24.3 Å². The zero-order valence-corrected chi connectivity index (χ0v) is 12.5. The number of nitrogens with two attached hydrogens (primary N) is 1. The van der Waals surface area contributed by atoms with Crippen LogP contribution in [0.4, 0.5) is 10.5 Å². The summed E-state index contributed by atoms with van der Waals surface area (Å²) in [7, 11) is 0. The molecule has 6 nitrogen and oxygen atoms in total. The molecule has 2 aliphatic rings. The molecule has 2 fully saturated rings. The van der Waals surface area contributed by atoms with Gasteiger partial charge in [0.25, 0.3) is 5.91 Å². The second-order valence-electron chi connectivity index (χ2n) is 6.16. The highest BCUT2D eigenvalue weighted by atomic mass is 16.2. The minimum Gasteiger partial charge on any atom is -0.350 e. The molecular formula is C16H22N4O2. The molecule has 3 rings (SSSR count). The molecule has 0 heterocycles. The molecule has 0 spiro atoms. The Morgan fingerprint density at radius 1 is 1.23 bits per heavy atom. The molecule has 0 saturated heterocycles. The third-order valence-electron chi connectivity index (χ3n) is 4.02. The molecule has 5 N–H and O–H groups in total. The number of rotatable bonds is 6. The fourth-order valence-corrected chi connectivity index (χ4v) is 2.32. The maximum Gasteiger partial charge on any atom is 0.319 e. The first-order chi connectivity index (χ1) is 10.6. The van der Waals surface area contributed by atoms with E-state index in [2.05, 4.69) is 16.0 Å². The van der Waals surface area contributed by atoms with Gasteiger partial charge in [0.15, 0.2) is 0 Å². The van der Waals surface area contributed by atoms with Crippen molar-refractivity contribution >= 4 is 17.6 Å². The average molecular weight is 302 g/mol. The number of carbonyl (C=O) groups is 2. The van der Waals surface area contributed by atoms with Gasteiger partial charge in [0.05, 0.1) is 0 Å². The Hall–Kier alpha value is -2.08. The van der Waals surface area contributed by atoms with Gasteiger partial charge < -0.3 is 21.7 Å². The van der Waals surface area contributed by atoms with E-state index in [0.717, 1.165) is 25.7 Å². The summed E-state index contributed by atoms with van der Waals surface area (Å²) in [6, 6.07) is 7.02. The minimum atomic E-state index is -0.226. The molecule has 0 aliphatic heterocycles. The van der Waals surface area contributed by atoms with Crippen LogP contribution >= 0.6 is 0 Å². The van der Waals surface area contributed by atoms with Gasteiger partial charge in [-0.15, -0.1) is 0 Å². The average Bonchev–Trinajstić information content (AvgIpc) is 3.36. The first-order valence-electron chi connectivity index (χ1n) is 7.83. The summed E-state index contributed by atoms with van der Waals surface area (Å²) < 4.78 is 0. The van der Waals surface area contributed by atoms with E-state index in [4.69, 9.17) is 5.73 Å². The Morgan fingerprint density at radius 2 is 2.00 bits per heavy atom. The van der Waals surface area contributed by atoms with Crippen molar-refractivity contribution in [1.29, 1.82) is 0 Å². The maximum absolute atomic E-state index is 12.1. The number of amides is 3. The van der Waals surface area contributed by atoms with Crippen LogP contribution in [0, 0.1) is 5.92 Å². The topological polar surface area (TPSA) is 96.2 Å². The van der Waals surface area contributed by atoms with Gasteiger partial charge in [-0.1, -0.05) is 6.07 Å². The smallest absolute Gasteiger partial charge is 0.319 e. The van der Waals surface area contributed by atoms with Gasteiger partial charge in [-0.25, -0.2) is 4.79 Å². The molecule has 22 heavy (non-hydrogen) atoms. The first-order valence-corrected chi connectivity index (χ1v) is 7.83. The monoisotopic (exact) mass is 302 g/mol. The Bertz CT molecular complexity index is 567. The largest absolute Gasteiger partial charge is 0.350 e. The van der Waals surface area contributed by atoms with Crippen LogP contribution in [0.2, 0.25) is 0 Å². The zero-order valence-electron chi connectivity index (χ0n) is 12.5. The Morgan fingerprint density at radius 3 is 2.68 bits per heavy atom. The standard InChI is InChI=1S/C16H22N4O2/c17-14(10-4-5-10)9-18-15(21)11-2-1-3-13(8-11)20-16(22)19-12-6-7-12/h1-3,8,10,12,14H,4-7,9,17H2,(H,18,21)(H2,19,20,22). The van der Waals surface area contributed by atoms with Crippen LogP contribution in [0.15, 0.2) is 24.3 Å². The van der Waals surface area contributed by atoms with Crippen molar-refractivity contribution in [3.05, 3.63) is 29.8 Å². The van der Waals surface area contributed by atoms with E-state index in [1.165, 1.54) is 0 Å². The fourth-order valence-electron chi connectivity index (χ4n) is 2.32. The summed E-state index contributed by atoms with van der Waals surface area (Å²) >= 11 is 0. The Kier molecular flexibility index (Phi) is 4.29. The van der Waals surface area contributed by atoms with Crippen LogP contribution in [-0.2, 0) is 0 Å². The van der Waals surface area contributed by atoms with E-state index in [9.17, 15) is 9.59 Å². The highest BCUT2D eigenvalue weighted by Gasteiger charge is 2.28. The van der Waals surface area contributed by atoms with Crippen molar-refractivity contribution in [2.75, 3.05) is 11.9 Å². The number of hydrogen-bond acceptors (Lipinski definition) is 3. The molecule has 1 aromatic carbocycles.